The van der Waals surface area contributed by atoms with E-state index in [0.717, 1.165) is 11.1 Å². The number of thioether (sulfide) groups is 1. The van der Waals surface area contributed by atoms with E-state index in [0.29, 0.717) is 45.6 Å². The number of aliphatic hydroxyl groups is 1. The van der Waals surface area contributed by atoms with Crippen molar-refractivity contribution in [1.82, 2.24) is 15.1 Å². The van der Waals surface area contributed by atoms with Gasteiger partial charge in [0, 0.05) is 41.5 Å². The number of halogens is 1. The lowest BCUT2D eigenvalue weighted by Crippen LogP contribution is -2.42. The lowest BCUT2D eigenvalue weighted by Gasteiger charge is -2.30. The topological polar surface area (TPSA) is 102 Å². The first-order valence-corrected chi connectivity index (χ1v) is 16.6. The number of amides is 2. The van der Waals surface area contributed by atoms with E-state index in [1.54, 1.807) is 59.5 Å². The van der Waals surface area contributed by atoms with Crippen molar-refractivity contribution >= 4 is 57.7 Å². The average Bonchev–Trinajstić information content (AvgIpc) is 3.68. The molecule has 4 aromatic rings. The number of anilines is 1. The Bertz CT molecular complexity index is 1870. The predicted molar refractivity (Wildman–Crippen MR) is 189 cm³/mol. The maximum Gasteiger partial charge on any atom is 0.263 e. The van der Waals surface area contributed by atoms with Crippen molar-refractivity contribution in [1.29, 1.82) is 0 Å². The highest BCUT2D eigenvalue weighted by Crippen LogP contribution is 2.33. The van der Waals surface area contributed by atoms with E-state index in [1.165, 1.54) is 36.0 Å². The normalized spacial score (nSPS) is 19.5. The summed E-state index contributed by atoms with van der Waals surface area (Å²) in [5.74, 6) is -1.34. The molecule has 48 heavy (non-hydrogen) atoms. The Balaban J connectivity index is 1.25. The van der Waals surface area contributed by atoms with Crippen LogP contribution in [0.4, 0.5) is 10.1 Å². The van der Waals surface area contributed by atoms with Crippen LogP contribution in [0.1, 0.15) is 45.3 Å². The first-order chi connectivity index (χ1) is 23.2. The lowest BCUT2D eigenvalue weighted by atomic mass is 9.96. The van der Waals surface area contributed by atoms with Crippen molar-refractivity contribution in [2.45, 2.75) is 31.3 Å². The van der Waals surface area contributed by atoms with E-state index in [4.69, 9.17) is 12.2 Å². The number of carbonyl (C=O) groups is 3. The molecule has 0 bridgehead atoms. The summed E-state index contributed by atoms with van der Waals surface area (Å²) < 4.78 is 14.0. The molecule has 1 unspecified atom stereocenters. The summed E-state index contributed by atoms with van der Waals surface area (Å²) in [7, 11) is 2.00. The number of aliphatic hydroxyl groups excluding tert-OH is 1. The molecule has 3 atom stereocenters. The SMILES string of the molecule is CN(Cc1ccccc1)[C@@H]1C[C@@H](C(=O)Nc2ccc(/C=C3\SC(=S)NC3=O)cc2)N(C(O)c2ccccc2C(=O)c2ccc(F)cc2)C1. The van der Waals surface area contributed by atoms with Gasteiger partial charge in [-0.1, -0.05) is 90.7 Å². The Labute approximate surface area is 287 Å². The highest BCUT2D eigenvalue weighted by atomic mass is 32.2. The van der Waals surface area contributed by atoms with Gasteiger partial charge in [0.15, 0.2) is 5.78 Å². The Hall–Kier alpha value is -4.52. The number of carbonyl (C=O) groups excluding carboxylic acids is 3. The van der Waals surface area contributed by atoms with Crippen molar-refractivity contribution in [3.63, 3.8) is 0 Å². The molecule has 2 amide bonds. The second kappa shape index (κ2) is 14.7. The van der Waals surface area contributed by atoms with Crippen LogP contribution in [0.5, 0.6) is 0 Å². The molecule has 0 aliphatic carbocycles. The van der Waals surface area contributed by atoms with Crippen LogP contribution in [0.2, 0.25) is 0 Å². The van der Waals surface area contributed by atoms with E-state index >= 15 is 0 Å². The van der Waals surface area contributed by atoms with E-state index in [-0.39, 0.29) is 29.2 Å². The van der Waals surface area contributed by atoms with Crippen LogP contribution in [0.3, 0.4) is 0 Å². The van der Waals surface area contributed by atoms with Crippen molar-refractivity contribution in [3.05, 3.63) is 142 Å². The van der Waals surface area contributed by atoms with Gasteiger partial charge in [0.25, 0.3) is 5.91 Å². The average molecular weight is 681 g/mol. The zero-order valence-electron chi connectivity index (χ0n) is 26.0. The Kier molecular flexibility index (Phi) is 10.2. The molecule has 2 saturated heterocycles. The Morgan fingerprint density at radius 1 is 1.04 bits per heavy atom. The van der Waals surface area contributed by atoms with Gasteiger partial charge in [-0.25, -0.2) is 4.39 Å². The van der Waals surface area contributed by atoms with Gasteiger partial charge in [-0.2, -0.15) is 0 Å². The number of rotatable bonds is 10. The first kappa shape index (κ1) is 33.4. The fourth-order valence-electron chi connectivity index (χ4n) is 6.01. The summed E-state index contributed by atoms with van der Waals surface area (Å²) in [6.45, 7) is 1.02. The third kappa shape index (κ3) is 7.61. The summed E-state index contributed by atoms with van der Waals surface area (Å²) in [6, 6.07) is 28.4. The number of likely N-dealkylation sites (N-methyl/N-ethyl adjacent to an activating group) is 1. The van der Waals surface area contributed by atoms with Gasteiger partial charge in [0.2, 0.25) is 5.91 Å². The summed E-state index contributed by atoms with van der Waals surface area (Å²) in [4.78, 5) is 43.9. The molecule has 0 saturated carbocycles. The van der Waals surface area contributed by atoms with Crippen LogP contribution in [-0.2, 0) is 16.1 Å². The second-order valence-corrected chi connectivity index (χ2v) is 13.5. The van der Waals surface area contributed by atoms with Gasteiger partial charge in [0.1, 0.15) is 16.4 Å². The van der Waals surface area contributed by atoms with Crippen LogP contribution in [0, 0.1) is 5.82 Å². The fourth-order valence-corrected chi connectivity index (χ4v) is 7.06. The Morgan fingerprint density at radius 2 is 1.73 bits per heavy atom. The zero-order valence-corrected chi connectivity index (χ0v) is 27.6. The number of likely N-dealkylation sites (tertiary alicyclic amines) is 1. The highest BCUT2D eigenvalue weighted by Gasteiger charge is 2.42. The molecule has 2 aliphatic rings. The van der Waals surface area contributed by atoms with Crippen LogP contribution in [0.25, 0.3) is 6.08 Å². The van der Waals surface area contributed by atoms with E-state index in [9.17, 15) is 23.9 Å². The van der Waals surface area contributed by atoms with Crippen molar-refractivity contribution in [2.24, 2.45) is 0 Å². The summed E-state index contributed by atoms with van der Waals surface area (Å²) in [5, 5.41) is 17.5. The summed E-state index contributed by atoms with van der Waals surface area (Å²) >= 11 is 6.26. The first-order valence-electron chi connectivity index (χ1n) is 15.4. The van der Waals surface area contributed by atoms with Crippen molar-refractivity contribution in [2.75, 3.05) is 18.9 Å². The van der Waals surface area contributed by atoms with Crippen molar-refractivity contribution < 1.29 is 23.9 Å². The summed E-state index contributed by atoms with van der Waals surface area (Å²) in [6.07, 6.45) is 0.903. The van der Waals surface area contributed by atoms with Crippen molar-refractivity contribution in [3.8, 4) is 0 Å². The minimum atomic E-state index is -1.27. The van der Waals surface area contributed by atoms with Gasteiger partial charge < -0.3 is 15.7 Å². The van der Waals surface area contributed by atoms with Gasteiger partial charge in [-0.05, 0) is 67.1 Å². The Morgan fingerprint density at radius 3 is 2.42 bits per heavy atom. The van der Waals surface area contributed by atoms with Gasteiger partial charge in [0.05, 0.1) is 10.9 Å². The van der Waals surface area contributed by atoms with Gasteiger partial charge in [-0.3, -0.25) is 24.2 Å². The number of nitrogens with zero attached hydrogens (tertiary/aromatic N) is 2. The fraction of sp³-hybridized carbons (Fsp3) is 0.189. The van der Waals surface area contributed by atoms with Crippen LogP contribution < -0.4 is 10.6 Å². The van der Waals surface area contributed by atoms with Gasteiger partial charge >= 0.3 is 0 Å². The van der Waals surface area contributed by atoms with Gasteiger partial charge in [-0.15, -0.1) is 0 Å². The molecule has 2 fully saturated rings. The largest absolute Gasteiger partial charge is 0.374 e. The monoisotopic (exact) mass is 680 g/mol. The molecule has 3 N–H and O–H groups in total. The standard InChI is InChI=1S/C37H33FN4O4S2/c1-41(21-24-7-3-2-4-8-24)28-20-31(34(44)39-27-17-11-23(12-18-27)19-32-35(45)40-37(47)48-32)42(22-28)36(46)30-10-6-5-9-29(30)33(43)25-13-15-26(38)16-14-25/h2-19,28,31,36,46H,20-22H2,1H3,(H,39,44)(H,40,45,47)/b32-19-/t28-,31+,36?/m1/s1. The molecule has 8 nitrogen and oxygen atoms in total. The highest BCUT2D eigenvalue weighted by molar-refractivity contribution is 8.26. The van der Waals surface area contributed by atoms with Crippen LogP contribution in [0.15, 0.2) is 108 Å². The molecule has 2 heterocycles. The van der Waals surface area contributed by atoms with E-state index in [1.807, 2.05) is 37.4 Å². The third-order valence-electron chi connectivity index (χ3n) is 8.54. The minimum absolute atomic E-state index is 0.0781. The number of benzene rings is 4. The number of hydrogen-bond acceptors (Lipinski definition) is 8. The molecule has 4 aromatic carbocycles. The number of ketones is 1. The van der Waals surface area contributed by atoms with Crippen LogP contribution in [-0.4, -0.2) is 62.5 Å². The molecule has 11 heteroatoms. The molecule has 0 aromatic heterocycles. The number of nitrogens with one attached hydrogen (secondary N) is 2. The minimum Gasteiger partial charge on any atom is -0.374 e. The quantitative estimate of drug-likeness (QED) is 0.111. The molecule has 2 aliphatic heterocycles. The molecule has 0 spiro atoms. The smallest absolute Gasteiger partial charge is 0.263 e. The maximum absolute atomic E-state index is 13.9. The zero-order chi connectivity index (χ0) is 33.8. The van der Waals surface area contributed by atoms with Crippen LogP contribution >= 0.6 is 24.0 Å². The molecule has 6 rings (SSSR count). The molecule has 244 valence electrons. The second-order valence-electron chi connectivity index (χ2n) is 11.8. The van der Waals surface area contributed by atoms with E-state index in [2.05, 4.69) is 15.5 Å². The number of thiocarbonyl (C=S) groups is 1. The maximum atomic E-state index is 13.9. The number of hydrogen-bond donors (Lipinski definition) is 3. The molecular weight excluding hydrogens is 648 g/mol. The third-order valence-corrected chi connectivity index (χ3v) is 9.70. The summed E-state index contributed by atoms with van der Waals surface area (Å²) in [5.41, 5.74) is 3.39. The molecule has 0 radical (unpaired) electrons. The predicted octanol–water partition coefficient (Wildman–Crippen LogP) is 5.75. The van der Waals surface area contributed by atoms with E-state index < -0.39 is 18.1 Å². The lowest BCUT2D eigenvalue weighted by molar-refractivity contribution is -0.124. The molecular formula is C37H33FN4O4S2.